The van der Waals surface area contributed by atoms with E-state index >= 15 is 0 Å². The van der Waals surface area contributed by atoms with Crippen LogP contribution in [-0.4, -0.2) is 9.13 Å². The maximum Gasteiger partial charge on any atom is 0.101 e. The highest BCUT2D eigenvalue weighted by atomic mass is 15.0. The number of fused-ring (bicyclic) bond motifs is 6. The van der Waals surface area contributed by atoms with Crippen molar-refractivity contribution in [1.82, 2.24) is 9.13 Å². The van der Waals surface area contributed by atoms with Crippen molar-refractivity contribution in [3.05, 3.63) is 145 Å². The molecule has 0 N–H and O–H groups in total. The second-order valence-corrected chi connectivity index (χ2v) is 9.55. The minimum Gasteiger partial charge on any atom is -0.309 e. The summed E-state index contributed by atoms with van der Waals surface area (Å²) >= 11 is 0. The molecule has 0 bridgehead atoms. The van der Waals surface area contributed by atoms with E-state index in [1.165, 1.54) is 0 Å². The number of benzene rings is 6. The molecule has 0 aliphatic carbocycles. The fraction of sp³-hybridized carbons (Fsp3) is 0. The van der Waals surface area contributed by atoms with Crippen LogP contribution in [0.4, 0.5) is 0 Å². The van der Waals surface area contributed by atoms with Gasteiger partial charge in [-0.3, -0.25) is 0 Å². The van der Waals surface area contributed by atoms with Gasteiger partial charge in [-0.25, -0.2) is 0 Å². The van der Waals surface area contributed by atoms with Gasteiger partial charge in [0.2, 0.25) is 0 Å². The number of aromatic nitrogens is 2. The lowest BCUT2D eigenvalue weighted by Crippen LogP contribution is -2.01. The van der Waals surface area contributed by atoms with E-state index in [1.807, 2.05) is 97.1 Å². The molecule has 0 atom stereocenters. The van der Waals surface area contributed by atoms with Crippen LogP contribution in [0, 0.1) is 11.3 Å². The van der Waals surface area contributed by atoms with Gasteiger partial charge in [0.25, 0.3) is 0 Å². The topological polar surface area (TPSA) is 33.6 Å². The molecule has 0 aliphatic heterocycles. The molecule has 186 valence electrons. The standard InChI is InChI=1S/C37H23N3/c38-24-26-10-9-15-28(37(26)40-35-18-7-3-13-31(35)32-14-4-8-19-36(32)40)25-20-22-27(23-21-25)39-33-16-5-1-11-29(33)30-12-2-6-17-34(30)39/h1-23H/i9D,10D,15D,20D,21D,22D,23D. The summed E-state index contributed by atoms with van der Waals surface area (Å²) < 4.78 is 67.2. The molecule has 0 unspecified atom stereocenters. The van der Waals surface area contributed by atoms with Crippen LogP contribution < -0.4 is 0 Å². The molecule has 0 spiro atoms. The Morgan fingerprint density at radius 2 is 0.975 bits per heavy atom. The van der Waals surface area contributed by atoms with Crippen molar-refractivity contribution in [2.75, 3.05) is 0 Å². The van der Waals surface area contributed by atoms with Crippen LogP contribution in [0.2, 0.25) is 0 Å². The molecule has 3 heteroatoms. The van der Waals surface area contributed by atoms with Crippen molar-refractivity contribution in [3.63, 3.8) is 0 Å². The fourth-order valence-electron chi connectivity index (χ4n) is 5.75. The van der Waals surface area contributed by atoms with E-state index in [1.54, 1.807) is 9.13 Å². The highest BCUT2D eigenvalue weighted by Gasteiger charge is 2.19. The average molecular weight is 517 g/mol. The van der Waals surface area contributed by atoms with Crippen LogP contribution >= 0.6 is 0 Å². The first-order valence-electron chi connectivity index (χ1n) is 16.4. The minimum absolute atomic E-state index is 0.0507. The lowest BCUT2D eigenvalue weighted by atomic mass is 9.99. The van der Waals surface area contributed by atoms with E-state index in [2.05, 4.69) is 6.07 Å². The van der Waals surface area contributed by atoms with E-state index in [4.69, 9.17) is 4.11 Å². The molecule has 0 aliphatic rings. The van der Waals surface area contributed by atoms with Gasteiger partial charge in [-0.05, 0) is 48.0 Å². The Labute approximate surface area is 241 Å². The van der Waals surface area contributed by atoms with E-state index < -0.39 is 30.2 Å². The van der Waals surface area contributed by atoms with Gasteiger partial charge in [0.15, 0.2) is 0 Å². The van der Waals surface area contributed by atoms with Crippen LogP contribution in [0.3, 0.4) is 0 Å². The van der Waals surface area contributed by atoms with Gasteiger partial charge in [-0.2, -0.15) is 5.26 Å². The Balaban J connectivity index is 1.54. The number of nitriles is 1. The Morgan fingerprint density at radius 1 is 0.525 bits per heavy atom. The van der Waals surface area contributed by atoms with Crippen molar-refractivity contribution >= 4 is 43.6 Å². The number of hydrogen-bond donors (Lipinski definition) is 0. The predicted molar refractivity (Wildman–Crippen MR) is 165 cm³/mol. The van der Waals surface area contributed by atoms with Crippen LogP contribution in [0.1, 0.15) is 15.2 Å². The van der Waals surface area contributed by atoms with E-state index in [0.717, 1.165) is 21.5 Å². The lowest BCUT2D eigenvalue weighted by Gasteiger charge is -2.16. The van der Waals surface area contributed by atoms with Gasteiger partial charge in [0, 0.05) is 32.8 Å². The summed E-state index contributed by atoms with van der Waals surface area (Å²) in [5.74, 6) is 0. The van der Waals surface area contributed by atoms with Gasteiger partial charge in [-0.15, -0.1) is 0 Å². The highest BCUT2D eigenvalue weighted by molar-refractivity contribution is 6.10. The van der Waals surface area contributed by atoms with Gasteiger partial charge in [0.05, 0.1) is 42.9 Å². The average Bonchev–Trinajstić information content (AvgIpc) is 3.60. The molecule has 3 nitrogen and oxygen atoms in total. The third-order valence-corrected chi connectivity index (χ3v) is 7.43. The molecule has 0 saturated heterocycles. The molecule has 2 aromatic heterocycles. The number of nitrogens with zero attached hydrogens (tertiary/aromatic N) is 3. The summed E-state index contributed by atoms with van der Waals surface area (Å²) in [4.78, 5) is 0. The monoisotopic (exact) mass is 516 g/mol. The highest BCUT2D eigenvalue weighted by Crippen LogP contribution is 2.38. The van der Waals surface area contributed by atoms with Gasteiger partial charge in [0.1, 0.15) is 6.07 Å². The van der Waals surface area contributed by atoms with Crippen molar-refractivity contribution in [2.45, 2.75) is 0 Å². The Kier molecular flexibility index (Phi) is 3.58. The molecule has 0 saturated carbocycles. The van der Waals surface area contributed by atoms with Crippen LogP contribution in [0.5, 0.6) is 0 Å². The quantitative estimate of drug-likeness (QED) is 0.230. The van der Waals surface area contributed by atoms with E-state index in [0.29, 0.717) is 22.1 Å². The third-order valence-electron chi connectivity index (χ3n) is 7.43. The van der Waals surface area contributed by atoms with Gasteiger partial charge >= 0.3 is 0 Å². The number of rotatable bonds is 3. The maximum absolute atomic E-state index is 10.4. The summed E-state index contributed by atoms with van der Waals surface area (Å²) in [6, 6.07) is 29.3. The number of para-hydroxylation sites is 5. The summed E-state index contributed by atoms with van der Waals surface area (Å²) in [6.45, 7) is 0. The number of hydrogen-bond acceptors (Lipinski definition) is 1. The van der Waals surface area contributed by atoms with Crippen LogP contribution in [0.25, 0.3) is 66.1 Å². The maximum atomic E-state index is 10.4. The predicted octanol–water partition coefficient (Wildman–Crippen LogP) is 9.42. The van der Waals surface area contributed by atoms with Crippen molar-refractivity contribution < 1.29 is 9.60 Å². The Morgan fingerprint density at radius 3 is 1.45 bits per heavy atom. The van der Waals surface area contributed by atoms with Crippen molar-refractivity contribution in [2.24, 2.45) is 0 Å². The van der Waals surface area contributed by atoms with Crippen molar-refractivity contribution in [3.8, 4) is 28.6 Å². The van der Waals surface area contributed by atoms with Crippen LogP contribution in [0.15, 0.2) is 139 Å². The first-order chi connectivity index (χ1) is 22.8. The largest absolute Gasteiger partial charge is 0.309 e. The first kappa shape index (κ1) is 16.4. The zero-order valence-electron chi connectivity index (χ0n) is 28.1. The molecule has 8 rings (SSSR count). The van der Waals surface area contributed by atoms with Gasteiger partial charge < -0.3 is 9.13 Å². The lowest BCUT2D eigenvalue weighted by molar-refractivity contribution is 1.16. The molecule has 0 radical (unpaired) electrons. The molecule has 8 aromatic rings. The van der Waals surface area contributed by atoms with Crippen molar-refractivity contribution in [1.29, 1.82) is 5.26 Å². The fourth-order valence-corrected chi connectivity index (χ4v) is 5.75. The zero-order valence-corrected chi connectivity index (χ0v) is 21.1. The smallest absolute Gasteiger partial charge is 0.101 e. The van der Waals surface area contributed by atoms with E-state index in [9.17, 15) is 10.7 Å². The molecular formula is C37H23N3. The molecule has 0 amide bonds. The Hall–Kier alpha value is -5.59. The summed E-state index contributed by atoms with van der Waals surface area (Å²) in [6.07, 6.45) is 0. The molecule has 40 heavy (non-hydrogen) atoms. The first-order valence-corrected chi connectivity index (χ1v) is 12.9. The molecule has 2 heterocycles. The zero-order chi connectivity index (χ0) is 32.7. The summed E-state index contributed by atoms with van der Waals surface area (Å²) in [5, 5.41) is 14.0. The molecule has 6 aromatic carbocycles. The van der Waals surface area contributed by atoms with Crippen LogP contribution in [-0.2, 0) is 0 Å². The second kappa shape index (κ2) is 8.73. The third kappa shape index (κ3) is 3.17. The van der Waals surface area contributed by atoms with Gasteiger partial charge in [-0.1, -0.05) is 97.0 Å². The SMILES string of the molecule is [2H]c1c([2H])c(C#N)c(-n2c3ccccc3c3ccccc32)c(-c2c([2H])c([2H])c(-n3c4ccccc4c4ccccc43)c([2H])c2[2H])c1[2H]. The normalized spacial score (nSPS) is 13.9. The second-order valence-electron chi connectivity index (χ2n) is 9.55. The minimum atomic E-state index is -0.538. The van der Waals surface area contributed by atoms with E-state index in [-0.39, 0.29) is 40.1 Å². The summed E-state index contributed by atoms with van der Waals surface area (Å²) in [5.41, 5.74) is 2.37. The molecular weight excluding hydrogens is 486 g/mol. The Bertz CT molecular complexity index is 2550. The summed E-state index contributed by atoms with van der Waals surface area (Å²) in [7, 11) is 0. The molecule has 0 fully saturated rings.